The van der Waals surface area contributed by atoms with Crippen LogP contribution in [0.25, 0.3) is 21.2 Å². The van der Waals surface area contributed by atoms with Crippen molar-refractivity contribution in [2.24, 2.45) is 0 Å². The fourth-order valence-corrected chi connectivity index (χ4v) is 11.8. The molecule has 256 valence electrons. The maximum atomic E-state index is 13.4. The van der Waals surface area contributed by atoms with Gasteiger partial charge in [-0.05, 0) is 13.8 Å². The molecule has 0 N–H and O–H groups in total. The first-order valence-corrected chi connectivity index (χ1v) is 19.9. The molecule has 0 aliphatic carbocycles. The molecule has 14 heteroatoms. The summed E-state index contributed by atoms with van der Waals surface area (Å²) in [6.07, 6.45) is 0. The van der Waals surface area contributed by atoms with Crippen LogP contribution in [0.1, 0.15) is 19.4 Å². The van der Waals surface area contributed by atoms with Gasteiger partial charge in [0.1, 0.15) is 0 Å². The summed E-state index contributed by atoms with van der Waals surface area (Å²) in [5.74, 6) is 1.77. The summed E-state index contributed by atoms with van der Waals surface area (Å²) >= 11 is -2.17. The van der Waals surface area contributed by atoms with Gasteiger partial charge in [0.15, 0.2) is 6.79 Å². The van der Waals surface area contributed by atoms with Crippen LogP contribution in [0, 0.1) is 14.1 Å². The van der Waals surface area contributed by atoms with Crippen molar-refractivity contribution in [3.63, 3.8) is 0 Å². The molecule has 5 rings (SSSR count). The number of halogens is 4. The first-order valence-electron chi connectivity index (χ1n) is 14.6. The van der Waals surface area contributed by atoms with Crippen molar-refractivity contribution in [2.45, 2.75) is 26.3 Å². The molecular formula is C34H32F3IO8S2. The summed E-state index contributed by atoms with van der Waals surface area (Å²) in [7, 11) is -5.83. The Morgan fingerprint density at radius 2 is 1.27 bits per heavy atom. The third kappa shape index (κ3) is 8.78. The molecule has 0 radical (unpaired) electrons. The molecule has 0 fully saturated rings. The molecule has 48 heavy (non-hydrogen) atoms. The fourth-order valence-electron chi connectivity index (χ4n) is 4.28. The van der Waals surface area contributed by atoms with Gasteiger partial charge in [0.2, 0.25) is 0 Å². The quantitative estimate of drug-likeness (QED) is 0.0447. The zero-order valence-electron chi connectivity index (χ0n) is 26.1. The van der Waals surface area contributed by atoms with Crippen LogP contribution in [0.2, 0.25) is 0 Å². The predicted molar refractivity (Wildman–Crippen MR) is 187 cm³/mol. The zero-order chi connectivity index (χ0) is 34.3. The predicted octanol–water partition coefficient (Wildman–Crippen LogP) is 9.74. The Bertz CT molecular complexity index is 1910. The van der Waals surface area contributed by atoms with Crippen LogP contribution in [-0.2, 0) is 22.1 Å². The standard InChI is InChI=1S/C34H32F3IO8S2/c1-4-41-21-43-27-14-16-28(17-15-27)45-33-32(30-19-18-29(20-31(30)47-33)44-22-42-5-2)24-8-12-26(13-9-24)38(25-10-6-23(3)7-11-25)46-48(39,40)34(35,36)37/h6-20H,4-5,21-22H2,1-3H3. The van der Waals surface area contributed by atoms with Gasteiger partial charge < -0.3 is 4.74 Å². The van der Waals surface area contributed by atoms with E-state index in [1.807, 2.05) is 39.0 Å². The summed E-state index contributed by atoms with van der Waals surface area (Å²) in [6, 6.07) is 26.0. The van der Waals surface area contributed by atoms with Crippen LogP contribution in [0.5, 0.6) is 22.3 Å². The van der Waals surface area contributed by atoms with Crippen LogP contribution in [0.15, 0.2) is 91.0 Å². The summed E-state index contributed by atoms with van der Waals surface area (Å²) < 4.78 is 99.2. The summed E-state index contributed by atoms with van der Waals surface area (Å²) in [4.78, 5) is 0. The molecule has 1 aromatic heterocycles. The number of fused-ring (bicyclic) bond motifs is 1. The third-order valence-electron chi connectivity index (χ3n) is 6.66. The van der Waals surface area contributed by atoms with E-state index in [4.69, 9.17) is 26.2 Å². The number of ether oxygens (including phenoxy) is 5. The zero-order valence-corrected chi connectivity index (χ0v) is 29.9. The number of rotatable bonds is 15. The number of thiophene rings is 1. The van der Waals surface area contributed by atoms with Crippen molar-refractivity contribution in [1.82, 2.24) is 0 Å². The van der Waals surface area contributed by atoms with Crippen molar-refractivity contribution in [2.75, 3.05) is 26.8 Å². The Morgan fingerprint density at radius 1 is 0.729 bits per heavy atom. The van der Waals surface area contributed by atoms with Crippen LogP contribution in [-0.4, -0.2) is 40.7 Å². The minimum atomic E-state index is -5.83. The first-order chi connectivity index (χ1) is 23.0. The Kier molecular flexibility index (Phi) is 11.9. The molecule has 4 aromatic carbocycles. The van der Waals surface area contributed by atoms with E-state index in [0.717, 1.165) is 21.2 Å². The number of hydrogen-bond acceptors (Lipinski definition) is 9. The van der Waals surface area contributed by atoms with E-state index in [9.17, 15) is 21.6 Å². The minimum absolute atomic E-state index is 0.0987. The van der Waals surface area contributed by atoms with Gasteiger partial charge in [0.05, 0.1) is 0 Å². The average Bonchev–Trinajstić information content (AvgIpc) is 3.41. The monoisotopic (exact) mass is 816 g/mol. The maximum absolute atomic E-state index is 13.4. The third-order valence-corrected chi connectivity index (χ3v) is 14.7. The van der Waals surface area contributed by atoms with Crippen molar-refractivity contribution >= 4 is 51.8 Å². The topological polar surface area (TPSA) is 89.5 Å². The van der Waals surface area contributed by atoms with Gasteiger partial charge in [-0.15, -0.1) is 0 Å². The second-order valence-electron chi connectivity index (χ2n) is 10.0. The van der Waals surface area contributed by atoms with Gasteiger partial charge in [-0.2, -0.15) is 0 Å². The van der Waals surface area contributed by atoms with E-state index in [1.165, 1.54) is 11.3 Å². The van der Waals surface area contributed by atoms with Gasteiger partial charge >= 0.3 is 251 Å². The van der Waals surface area contributed by atoms with E-state index >= 15 is 0 Å². The van der Waals surface area contributed by atoms with Crippen molar-refractivity contribution in [3.8, 4) is 33.4 Å². The molecule has 0 spiro atoms. The SMILES string of the molecule is CCOCOc1ccc(Oc2sc3cc(OCOCC)ccc3c2-c2ccc(I(OS(=O)(=O)C(F)(F)F)c3ccc(C)cc3)cc2)cc1. The second kappa shape index (κ2) is 15.9. The van der Waals surface area contributed by atoms with Gasteiger partial charge in [0, 0.05) is 13.2 Å². The molecule has 1 heterocycles. The number of benzene rings is 4. The molecule has 0 saturated heterocycles. The Hall–Kier alpha value is -3.41. The Labute approximate surface area is 288 Å². The average molecular weight is 817 g/mol. The Balaban J connectivity index is 1.52. The Morgan fingerprint density at radius 3 is 1.85 bits per heavy atom. The summed E-state index contributed by atoms with van der Waals surface area (Å²) in [6.45, 7) is 6.84. The van der Waals surface area contributed by atoms with E-state index in [1.54, 1.807) is 72.8 Å². The van der Waals surface area contributed by atoms with E-state index in [0.29, 0.717) is 48.2 Å². The molecule has 0 aliphatic rings. The normalized spacial score (nSPS) is 12.2. The number of alkyl halides is 3. The molecule has 0 amide bonds. The van der Waals surface area contributed by atoms with Gasteiger partial charge in [-0.1, -0.05) is 0 Å². The summed E-state index contributed by atoms with van der Waals surface area (Å²) in [5.41, 5.74) is -3.22. The van der Waals surface area contributed by atoms with Crippen LogP contribution in [0.4, 0.5) is 13.2 Å². The van der Waals surface area contributed by atoms with Crippen molar-refractivity contribution in [3.05, 3.63) is 104 Å². The van der Waals surface area contributed by atoms with Crippen molar-refractivity contribution < 1.29 is 47.8 Å². The van der Waals surface area contributed by atoms with E-state index in [2.05, 4.69) is 0 Å². The molecule has 8 nitrogen and oxygen atoms in total. The molecule has 5 aromatic rings. The van der Waals surface area contributed by atoms with E-state index in [-0.39, 0.29) is 13.6 Å². The number of aryl methyl sites for hydroxylation is 1. The van der Waals surface area contributed by atoms with Crippen LogP contribution < -0.4 is 14.2 Å². The second-order valence-corrected chi connectivity index (χ2v) is 17.5. The fraction of sp³-hybridized carbons (Fsp3) is 0.235. The molecule has 0 saturated carbocycles. The molecule has 0 atom stereocenters. The molecule has 0 bridgehead atoms. The molecule has 0 aliphatic heterocycles. The van der Waals surface area contributed by atoms with Gasteiger partial charge in [0.25, 0.3) is 0 Å². The van der Waals surface area contributed by atoms with Gasteiger partial charge in [-0.25, -0.2) is 0 Å². The first kappa shape index (κ1) is 35.9. The molecule has 0 unspecified atom stereocenters. The van der Waals surface area contributed by atoms with E-state index < -0.39 is 35.9 Å². The molecular weight excluding hydrogens is 784 g/mol. The number of hydrogen-bond donors (Lipinski definition) is 0. The van der Waals surface area contributed by atoms with Crippen LogP contribution >= 0.6 is 31.6 Å². The van der Waals surface area contributed by atoms with Crippen molar-refractivity contribution in [1.29, 1.82) is 0 Å². The van der Waals surface area contributed by atoms with Crippen LogP contribution in [0.3, 0.4) is 0 Å². The summed E-state index contributed by atoms with van der Waals surface area (Å²) in [5, 5.41) is 1.42. The van der Waals surface area contributed by atoms with Gasteiger partial charge in [-0.3, -0.25) is 0 Å².